The second-order valence-corrected chi connectivity index (χ2v) is 4.58. The van der Waals surface area contributed by atoms with Gasteiger partial charge in [0.1, 0.15) is 5.75 Å². The summed E-state index contributed by atoms with van der Waals surface area (Å²) in [5.41, 5.74) is 4.44. The van der Waals surface area contributed by atoms with Crippen LogP contribution in [0.3, 0.4) is 0 Å². The van der Waals surface area contributed by atoms with E-state index in [1.54, 1.807) is 0 Å². The van der Waals surface area contributed by atoms with E-state index in [1.807, 2.05) is 32.2 Å². The molecule has 0 unspecified atom stereocenters. The molecule has 1 aromatic heterocycles. The second kappa shape index (κ2) is 5.05. The van der Waals surface area contributed by atoms with E-state index < -0.39 is 0 Å². The fourth-order valence-corrected chi connectivity index (χ4v) is 2.58. The molecule has 0 fully saturated rings. The van der Waals surface area contributed by atoms with E-state index in [2.05, 4.69) is 5.32 Å². The number of rotatable bonds is 3. The topological polar surface area (TPSA) is 43.4 Å². The van der Waals surface area contributed by atoms with Crippen molar-refractivity contribution >= 4 is 16.6 Å². The first-order chi connectivity index (χ1) is 9.33. The van der Waals surface area contributed by atoms with E-state index in [1.165, 1.54) is 5.56 Å². The molecular weight excluding hydrogens is 240 g/mol. The molecule has 2 heterocycles. The number of anilines is 1. The number of aromatic nitrogens is 1. The Morgan fingerprint density at radius 1 is 1.42 bits per heavy atom. The SMILES string of the molecule is CCOc1ccc2nc3c(c(NC)c2c1)COCC3. The zero-order chi connectivity index (χ0) is 13.2. The summed E-state index contributed by atoms with van der Waals surface area (Å²) in [6.45, 7) is 4.04. The lowest BCUT2D eigenvalue weighted by atomic mass is 10.0. The number of fused-ring (bicyclic) bond motifs is 2. The van der Waals surface area contributed by atoms with E-state index in [0.29, 0.717) is 13.2 Å². The number of ether oxygens (including phenoxy) is 2. The number of pyridine rings is 1. The molecule has 0 aliphatic carbocycles. The van der Waals surface area contributed by atoms with Crippen molar-refractivity contribution in [1.82, 2.24) is 4.98 Å². The standard InChI is InChI=1S/C15H18N2O2/c1-3-19-10-4-5-13-11(8-10)15(16-2)12-9-18-7-6-14(12)17-13/h4-5,8H,3,6-7,9H2,1-2H3,(H,16,17). The van der Waals surface area contributed by atoms with E-state index in [4.69, 9.17) is 14.5 Å². The highest BCUT2D eigenvalue weighted by molar-refractivity contribution is 5.94. The van der Waals surface area contributed by atoms with Gasteiger partial charge in [-0.05, 0) is 25.1 Å². The third kappa shape index (κ3) is 2.12. The summed E-state index contributed by atoms with van der Waals surface area (Å²) in [5.74, 6) is 0.880. The fraction of sp³-hybridized carbons (Fsp3) is 0.400. The largest absolute Gasteiger partial charge is 0.494 e. The third-order valence-electron chi connectivity index (χ3n) is 3.43. The Morgan fingerprint density at radius 3 is 3.11 bits per heavy atom. The molecule has 0 spiro atoms. The lowest BCUT2D eigenvalue weighted by Gasteiger charge is -2.21. The molecule has 4 heteroatoms. The van der Waals surface area contributed by atoms with Gasteiger partial charge in [-0.1, -0.05) is 0 Å². The van der Waals surface area contributed by atoms with Gasteiger partial charge in [-0.15, -0.1) is 0 Å². The molecule has 2 aromatic rings. The quantitative estimate of drug-likeness (QED) is 0.919. The summed E-state index contributed by atoms with van der Waals surface area (Å²) in [5, 5.41) is 4.39. The van der Waals surface area contributed by atoms with Crippen LogP contribution in [-0.4, -0.2) is 25.2 Å². The number of benzene rings is 1. The molecule has 0 saturated heterocycles. The maximum absolute atomic E-state index is 5.57. The maximum atomic E-state index is 5.57. The predicted octanol–water partition coefficient (Wildman–Crippen LogP) is 2.75. The van der Waals surface area contributed by atoms with Crippen LogP contribution in [0.2, 0.25) is 0 Å². The highest BCUT2D eigenvalue weighted by Crippen LogP contribution is 2.33. The monoisotopic (exact) mass is 258 g/mol. The second-order valence-electron chi connectivity index (χ2n) is 4.58. The average molecular weight is 258 g/mol. The lowest BCUT2D eigenvalue weighted by molar-refractivity contribution is 0.110. The number of nitrogens with one attached hydrogen (secondary N) is 1. The zero-order valence-electron chi connectivity index (χ0n) is 11.3. The smallest absolute Gasteiger partial charge is 0.120 e. The minimum absolute atomic E-state index is 0.632. The molecule has 1 aliphatic heterocycles. The first-order valence-electron chi connectivity index (χ1n) is 6.67. The molecule has 0 bridgehead atoms. The fourth-order valence-electron chi connectivity index (χ4n) is 2.58. The molecule has 1 aliphatic rings. The first-order valence-corrected chi connectivity index (χ1v) is 6.67. The van der Waals surface area contributed by atoms with Crippen LogP contribution in [0.4, 0.5) is 5.69 Å². The molecule has 1 aromatic carbocycles. The van der Waals surface area contributed by atoms with Crippen molar-refractivity contribution in [2.24, 2.45) is 0 Å². The molecule has 0 amide bonds. The molecular formula is C15H18N2O2. The van der Waals surface area contributed by atoms with Gasteiger partial charge >= 0.3 is 0 Å². The number of hydrogen-bond acceptors (Lipinski definition) is 4. The van der Waals surface area contributed by atoms with Gasteiger partial charge in [-0.2, -0.15) is 0 Å². The summed E-state index contributed by atoms with van der Waals surface area (Å²) >= 11 is 0. The predicted molar refractivity (Wildman–Crippen MR) is 75.8 cm³/mol. The molecule has 3 rings (SSSR count). The Balaban J connectivity index is 2.22. The highest BCUT2D eigenvalue weighted by Gasteiger charge is 2.18. The molecule has 100 valence electrons. The van der Waals surface area contributed by atoms with Crippen LogP contribution in [0, 0.1) is 0 Å². The van der Waals surface area contributed by atoms with Crippen LogP contribution in [-0.2, 0) is 17.8 Å². The molecule has 0 atom stereocenters. The maximum Gasteiger partial charge on any atom is 0.120 e. The van der Waals surface area contributed by atoms with Crippen LogP contribution in [0.1, 0.15) is 18.2 Å². The van der Waals surface area contributed by atoms with Gasteiger partial charge in [-0.25, -0.2) is 0 Å². The van der Waals surface area contributed by atoms with Gasteiger partial charge in [0.2, 0.25) is 0 Å². The molecule has 0 saturated carbocycles. The molecule has 1 N–H and O–H groups in total. The molecule has 19 heavy (non-hydrogen) atoms. The third-order valence-corrected chi connectivity index (χ3v) is 3.43. The van der Waals surface area contributed by atoms with Crippen LogP contribution < -0.4 is 10.1 Å². The van der Waals surface area contributed by atoms with Crippen LogP contribution in [0.15, 0.2) is 18.2 Å². The van der Waals surface area contributed by atoms with Gasteiger partial charge in [0, 0.05) is 24.4 Å². The molecule has 0 radical (unpaired) electrons. The Morgan fingerprint density at radius 2 is 2.32 bits per heavy atom. The summed E-state index contributed by atoms with van der Waals surface area (Å²) in [7, 11) is 1.94. The Kier molecular flexibility index (Phi) is 3.25. The van der Waals surface area contributed by atoms with E-state index in [9.17, 15) is 0 Å². The minimum Gasteiger partial charge on any atom is -0.494 e. The first kappa shape index (κ1) is 12.2. The van der Waals surface area contributed by atoms with Crippen molar-refractivity contribution in [3.63, 3.8) is 0 Å². The highest BCUT2D eigenvalue weighted by atomic mass is 16.5. The molecule has 4 nitrogen and oxygen atoms in total. The van der Waals surface area contributed by atoms with E-state index in [-0.39, 0.29) is 0 Å². The van der Waals surface area contributed by atoms with Crippen LogP contribution >= 0.6 is 0 Å². The Labute approximate surface area is 112 Å². The number of nitrogens with zero attached hydrogens (tertiary/aromatic N) is 1. The normalized spacial score (nSPS) is 14.2. The van der Waals surface area contributed by atoms with Crippen molar-refractivity contribution < 1.29 is 9.47 Å². The van der Waals surface area contributed by atoms with Crippen LogP contribution in [0.25, 0.3) is 10.9 Å². The minimum atomic E-state index is 0.632. The van der Waals surface area contributed by atoms with Crippen molar-refractivity contribution in [2.75, 3.05) is 25.6 Å². The Hall–Kier alpha value is -1.81. The van der Waals surface area contributed by atoms with Crippen LogP contribution in [0.5, 0.6) is 5.75 Å². The van der Waals surface area contributed by atoms with Gasteiger partial charge in [0.05, 0.1) is 36.7 Å². The van der Waals surface area contributed by atoms with Gasteiger partial charge < -0.3 is 14.8 Å². The van der Waals surface area contributed by atoms with Gasteiger partial charge in [0.25, 0.3) is 0 Å². The summed E-state index contributed by atoms with van der Waals surface area (Å²) < 4.78 is 11.1. The van der Waals surface area contributed by atoms with Crippen molar-refractivity contribution in [3.05, 3.63) is 29.5 Å². The van der Waals surface area contributed by atoms with Crippen molar-refractivity contribution in [1.29, 1.82) is 0 Å². The zero-order valence-corrected chi connectivity index (χ0v) is 11.3. The van der Waals surface area contributed by atoms with Crippen molar-refractivity contribution in [2.45, 2.75) is 20.0 Å². The summed E-state index contributed by atoms with van der Waals surface area (Å²) in [4.78, 5) is 4.75. The average Bonchev–Trinajstić information content (AvgIpc) is 2.45. The summed E-state index contributed by atoms with van der Waals surface area (Å²) in [6, 6.07) is 6.05. The lowest BCUT2D eigenvalue weighted by Crippen LogP contribution is -2.14. The van der Waals surface area contributed by atoms with Gasteiger partial charge in [-0.3, -0.25) is 4.98 Å². The number of hydrogen-bond donors (Lipinski definition) is 1. The summed E-state index contributed by atoms with van der Waals surface area (Å²) in [6.07, 6.45) is 0.882. The van der Waals surface area contributed by atoms with Gasteiger partial charge in [0.15, 0.2) is 0 Å². The van der Waals surface area contributed by atoms with Crippen molar-refractivity contribution in [3.8, 4) is 5.75 Å². The van der Waals surface area contributed by atoms with E-state index >= 15 is 0 Å². The van der Waals surface area contributed by atoms with E-state index in [0.717, 1.165) is 41.1 Å². The Bertz CT molecular complexity index is 611.